The molecule has 0 fully saturated rings. The Labute approximate surface area is 92.5 Å². The van der Waals surface area contributed by atoms with Crippen LogP contribution in [0, 0.1) is 13.8 Å². The highest BCUT2D eigenvalue weighted by Crippen LogP contribution is 2.30. The number of aromatic amines is 1. The van der Waals surface area contributed by atoms with E-state index in [9.17, 15) is 8.42 Å². The Morgan fingerprint density at radius 2 is 1.80 bits per heavy atom. The van der Waals surface area contributed by atoms with Gasteiger partial charge >= 0.3 is 0 Å². The minimum Gasteiger partial charge on any atom is -0.360 e. The van der Waals surface area contributed by atoms with Crippen molar-refractivity contribution in [2.24, 2.45) is 0 Å². The molecule has 1 N–H and O–H groups in total. The van der Waals surface area contributed by atoms with Crippen LogP contribution < -0.4 is 0 Å². The van der Waals surface area contributed by atoms with Gasteiger partial charge in [0, 0.05) is 27.8 Å². The molecular formula is C10H10ClNO2S. The number of benzene rings is 1. The molecule has 0 atom stereocenters. The van der Waals surface area contributed by atoms with Gasteiger partial charge in [-0.05, 0) is 25.0 Å². The molecule has 0 saturated heterocycles. The zero-order chi connectivity index (χ0) is 11.2. The summed E-state index contributed by atoms with van der Waals surface area (Å²) in [5.41, 5.74) is 2.73. The van der Waals surface area contributed by atoms with Gasteiger partial charge in [0.2, 0.25) is 0 Å². The van der Waals surface area contributed by atoms with Gasteiger partial charge in [0.25, 0.3) is 9.05 Å². The SMILES string of the molecule is Cc1ccc(C)c2c(S(=O)(=O)Cl)c[nH]c12. The monoisotopic (exact) mass is 243 g/mol. The van der Waals surface area contributed by atoms with Gasteiger partial charge in [-0.3, -0.25) is 0 Å². The first kappa shape index (κ1) is 10.5. The molecule has 0 unspecified atom stereocenters. The molecule has 2 aromatic rings. The van der Waals surface area contributed by atoms with Crippen LogP contribution in [0.5, 0.6) is 0 Å². The van der Waals surface area contributed by atoms with E-state index in [0.717, 1.165) is 16.6 Å². The average Bonchev–Trinajstić information content (AvgIpc) is 2.55. The predicted octanol–water partition coefficient (Wildman–Crippen LogP) is 2.71. The van der Waals surface area contributed by atoms with Gasteiger partial charge in [-0.2, -0.15) is 0 Å². The van der Waals surface area contributed by atoms with Crippen LogP contribution in [-0.4, -0.2) is 13.4 Å². The van der Waals surface area contributed by atoms with Crippen molar-refractivity contribution in [3.8, 4) is 0 Å². The van der Waals surface area contributed by atoms with E-state index in [-0.39, 0.29) is 4.90 Å². The van der Waals surface area contributed by atoms with Crippen molar-refractivity contribution in [2.75, 3.05) is 0 Å². The number of rotatable bonds is 1. The highest BCUT2D eigenvalue weighted by Gasteiger charge is 2.18. The number of fused-ring (bicyclic) bond motifs is 1. The average molecular weight is 244 g/mol. The number of hydrogen-bond donors (Lipinski definition) is 1. The third-order valence-corrected chi connectivity index (χ3v) is 3.82. The van der Waals surface area contributed by atoms with Gasteiger partial charge in [0.15, 0.2) is 0 Å². The van der Waals surface area contributed by atoms with Crippen molar-refractivity contribution in [1.29, 1.82) is 0 Å². The second kappa shape index (κ2) is 3.25. The predicted molar refractivity (Wildman–Crippen MR) is 60.8 cm³/mol. The molecule has 0 radical (unpaired) electrons. The van der Waals surface area contributed by atoms with Crippen LogP contribution in [-0.2, 0) is 9.05 Å². The number of H-pyrrole nitrogens is 1. The zero-order valence-corrected chi connectivity index (χ0v) is 9.91. The molecule has 2 rings (SSSR count). The lowest BCUT2D eigenvalue weighted by Gasteiger charge is -2.01. The summed E-state index contributed by atoms with van der Waals surface area (Å²) in [6, 6.07) is 3.83. The first-order chi connectivity index (χ1) is 6.91. The summed E-state index contributed by atoms with van der Waals surface area (Å²) in [4.78, 5) is 3.09. The molecule has 0 aliphatic heterocycles. The molecule has 1 aromatic carbocycles. The summed E-state index contributed by atoms with van der Waals surface area (Å²) in [5.74, 6) is 0. The molecule has 0 aliphatic rings. The van der Waals surface area contributed by atoms with Crippen LogP contribution >= 0.6 is 10.7 Å². The molecule has 0 saturated carbocycles. The van der Waals surface area contributed by atoms with Gasteiger partial charge in [0.05, 0.1) is 0 Å². The smallest absolute Gasteiger partial charge is 0.263 e. The molecule has 5 heteroatoms. The molecule has 0 bridgehead atoms. The van der Waals surface area contributed by atoms with E-state index < -0.39 is 9.05 Å². The van der Waals surface area contributed by atoms with Gasteiger partial charge < -0.3 is 4.98 Å². The largest absolute Gasteiger partial charge is 0.360 e. The molecule has 15 heavy (non-hydrogen) atoms. The minimum atomic E-state index is -3.68. The third kappa shape index (κ3) is 1.64. The highest BCUT2D eigenvalue weighted by atomic mass is 35.7. The molecule has 3 nitrogen and oxygen atoms in total. The van der Waals surface area contributed by atoms with E-state index in [1.54, 1.807) is 0 Å². The van der Waals surface area contributed by atoms with Crippen LogP contribution in [0.25, 0.3) is 10.9 Å². The van der Waals surface area contributed by atoms with E-state index in [4.69, 9.17) is 10.7 Å². The lowest BCUT2D eigenvalue weighted by atomic mass is 10.1. The van der Waals surface area contributed by atoms with Crippen LogP contribution in [0.1, 0.15) is 11.1 Å². The summed E-state index contributed by atoms with van der Waals surface area (Å²) >= 11 is 0. The fourth-order valence-electron chi connectivity index (χ4n) is 1.72. The first-order valence-electron chi connectivity index (χ1n) is 4.43. The van der Waals surface area contributed by atoms with E-state index in [2.05, 4.69) is 4.98 Å². The van der Waals surface area contributed by atoms with E-state index in [1.807, 2.05) is 26.0 Å². The fourth-order valence-corrected chi connectivity index (χ4v) is 2.79. The number of aromatic nitrogens is 1. The third-order valence-electron chi connectivity index (χ3n) is 2.48. The molecule has 1 heterocycles. The van der Waals surface area contributed by atoms with Crippen molar-refractivity contribution < 1.29 is 8.42 Å². The fraction of sp³-hybridized carbons (Fsp3) is 0.200. The molecule has 1 aromatic heterocycles. The van der Waals surface area contributed by atoms with Gasteiger partial charge in [0.1, 0.15) is 4.90 Å². The lowest BCUT2D eigenvalue weighted by Crippen LogP contribution is -1.90. The first-order valence-corrected chi connectivity index (χ1v) is 6.74. The number of hydrogen-bond acceptors (Lipinski definition) is 2. The van der Waals surface area contributed by atoms with Crippen molar-refractivity contribution in [2.45, 2.75) is 18.7 Å². The molecule has 0 spiro atoms. The molecule has 80 valence electrons. The summed E-state index contributed by atoms with van der Waals surface area (Å²) in [5, 5.41) is 0.685. The second-order valence-corrected chi connectivity index (χ2v) is 6.07. The van der Waals surface area contributed by atoms with Crippen molar-refractivity contribution in [3.05, 3.63) is 29.5 Å². The Bertz CT molecular complexity index is 628. The van der Waals surface area contributed by atoms with Gasteiger partial charge in [-0.1, -0.05) is 12.1 Å². The van der Waals surface area contributed by atoms with Crippen LogP contribution in [0.3, 0.4) is 0 Å². The van der Waals surface area contributed by atoms with Gasteiger partial charge in [-0.15, -0.1) is 0 Å². The molecule has 0 aliphatic carbocycles. The van der Waals surface area contributed by atoms with Gasteiger partial charge in [-0.25, -0.2) is 8.42 Å². The Kier molecular flexibility index (Phi) is 2.28. The van der Waals surface area contributed by atoms with E-state index >= 15 is 0 Å². The quantitative estimate of drug-likeness (QED) is 0.783. The lowest BCUT2D eigenvalue weighted by molar-refractivity contribution is 0.610. The zero-order valence-electron chi connectivity index (χ0n) is 8.33. The number of halogens is 1. The molecular weight excluding hydrogens is 234 g/mol. The maximum absolute atomic E-state index is 11.3. The van der Waals surface area contributed by atoms with Crippen LogP contribution in [0.15, 0.2) is 23.2 Å². The molecule has 0 amide bonds. The normalized spacial score (nSPS) is 12.2. The van der Waals surface area contributed by atoms with Crippen molar-refractivity contribution in [1.82, 2.24) is 4.98 Å². The van der Waals surface area contributed by atoms with Crippen molar-refractivity contribution in [3.63, 3.8) is 0 Å². The Morgan fingerprint density at radius 1 is 1.20 bits per heavy atom. The Morgan fingerprint density at radius 3 is 2.40 bits per heavy atom. The maximum atomic E-state index is 11.3. The number of nitrogens with one attached hydrogen (secondary N) is 1. The summed E-state index contributed by atoms with van der Waals surface area (Å²) < 4.78 is 22.6. The van der Waals surface area contributed by atoms with Crippen LogP contribution in [0.2, 0.25) is 0 Å². The summed E-state index contributed by atoms with van der Waals surface area (Å²) in [6.45, 7) is 3.78. The van der Waals surface area contributed by atoms with E-state index in [1.165, 1.54) is 6.20 Å². The summed E-state index contributed by atoms with van der Waals surface area (Å²) in [6.07, 6.45) is 1.44. The van der Waals surface area contributed by atoms with Crippen LogP contribution in [0.4, 0.5) is 0 Å². The minimum absolute atomic E-state index is 0.153. The summed E-state index contributed by atoms with van der Waals surface area (Å²) in [7, 11) is 1.67. The highest BCUT2D eigenvalue weighted by molar-refractivity contribution is 8.14. The topological polar surface area (TPSA) is 49.9 Å². The number of aryl methyl sites for hydroxylation is 2. The van der Waals surface area contributed by atoms with E-state index in [0.29, 0.717) is 5.39 Å². The van der Waals surface area contributed by atoms with Crippen molar-refractivity contribution >= 4 is 30.6 Å². The standard InChI is InChI=1S/C10H10ClNO2S/c1-6-3-4-7(2)10-9(6)8(5-12-10)15(11,13)14/h3-5,12H,1-2H3. The second-order valence-electron chi connectivity index (χ2n) is 3.54. The Hall–Kier alpha value is -1.00. The Balaban J connectivity index is 2.98. The maximum Gasteiger partial charge on any atom is 0.263 e.